The normalized spacial score (nSPS) is 27.3. The Hall–Kier alpha value is -1.19. The van der Waals surface area contributed by atoms with Crippen LogP contribution in [0.5, 0.6) is 0 Å². The summed E-state index contributed by atoms with van der Waals surface area (Å²) in [5.41, 5.74) is 9.92. The van der Waals surface area contributed by atoms with Gasteiger partial charge in [-0.1, -0.05) is 30.3 Å². The zero-order chi connectivity index (χ0) is 13.1. The number of aromatic nitrogens is 1. The van der Waals surface area contributed by atoms with Crippen molar-refractivity contribution < 1.29 is 0 Å². The Morgan fingerprint density at radius 1 is 1.21 bits per heavy atom. The number of rotatable bonds is 3. The third-order valence-corrected chi connectivity index (χ3v) is 5.04. The largest absolute Gasteiger partial charge is 0.325 e. The summed E-state index contributed by atoms with van der Waals surface area (Å²) in [4.78, 5) is 5.46. The standard InChI is InChI=1S/C16H20N2S/c17-16(10-15-11-18-12-19-15)8-6-14(7-9-16)13-4-2-1-3-5-13/h1-5,11-12,14H,6-10,17H2. The highest BCUT2D eigenvalue weighted by Gasteiger charge is 2.32. The van der Waals surface area contributed by atoms with Crippen LogP contribution in [0.4, 0.5) is 0 Å². The molecule has 3 heteroatoms. The van der Waals surface area contributed by atoms with E-state index in [2.05, 4.69) is 35.3 Å². The first kappa shape index (κ1) is 12.8. The van der Waals surface area contributed by atoms with Crippen LogP contribution in [0.1, 0.15) is 42.0 Å². The third-order valence-electron chi connectivity index (χ3n) is 4.26. The van der Waals surface area contributed by atoms with Crippen LogP contribution in [0, 0.1) is 0 Å². The van der Waals surface area contributed by atoms with Gasteiger partial charge in [0.1, 0.15) is 0 Å². The van der Waals surface area contributed by atoms with Gasteiger partial charge in [-0.25, -0.2) is 0 Å². The first-order valence-electron chi connectivity index (χ1n) is 6.96. The van der Waals surface area contributed by atoms with Gasteiger partial charge in [-0.15, -0.1) is 11.3 Å². The van der Waals surface area contributed by atoms with E-state index in [1.807, 2.05) is 11.7 Å². The number of hydrogen-bond acceptors (Lipinski definition) is 3. The second kappa shape index (κ2) is 5.43. The molecule has 1 fully saturated rings. The summed E-state index contributed by atoms with van der Waals surface area (Å²) in [5, 5.41) is 0. The molecule has 0 radical (unpaired) electrons. The second-order valence-electron chi connectivity index (χ2n) is 5.69. The molecule has 2 nitrogen and oxygen atoms in total. The molecule has 0 saturated heterocycles. The number of nitrogens with two attached hydrogens (primary N) is 1. The average Bonchev–Trinajstić information content (AvgIpc) is 2.93. The van der Waals surface area contributed by atoms with Gasteiger partial charge in [-0.05, 0) is 37.2 Å². The lowest BCUT2D eigenvalue weighted by Gasteiger charge is -2.37. The second-order valence-corrected chi connectivity index (χ2v) is 6.66. The van der Waals surface area contributed by atoms with Gasteiger partial charge in [0, 0.05) is 23.0 Å². The van der Waals surface area contributed by atoms with Crippen molar-refractivity contribution in [1.82, 2.24) is 4.98 Å². The average molecular weight is 272 g/mol. The van der Waals surface area contributed by atoms with E-state index in [0.29, 0.717) is 5.92 Å². The van der Waals surface area contributed by atoms with E-state index >= 15 is 0 Å². The van der Waals surface area contributed by atoms with Gasteiger partial charge in [-0.3, -0.25) is 4.98 Å². The Balaban J connectivity index is 1.62. The highest BCUT2D eigenvalue weighted by Crippen LogP contribution is 2.38. The van der Waals surface area contributed by atoms with Crippen LogP contribution in [-0.2, 0) is 6.42 Å². The van der Waals surface area contributed by atoms with Crippen molar-refractivity contribution in [2.24, 2.45) is 5.73 Å². The molecule has 0 atom stereocenters. The minimum Gasteiger partial charge on any atom is -0.325 e. The summed E-state index contributed by atoms with van der Waals surface area (Å²) in [6.07, 6.45) is 7.59. The maximum atomic E-state index is 6.57. The zero-order valence-corrected chi connectivity index (χ0v) is 11.9. The van der Waals surface area contributed by atoms with Crippen molar-refractivity contribution in [2.75, 3.05) is 0 Å². The molecular formula is C16H20N2S. The predicted molar refractivity (Wildman–Crippen MR) is 80.4 cm³/mol. The minimum absolute atomic E-state index is 0.0161. The van der Waals surface area contributed by atoms with Crippen LogP contribution >= 0.6 is 11.3 Å². The summed E-state index contributed by atoms with van der Waals surface area (Å²) >= 11 is 1.72. The molecule has 1 saturated carbocycles. The summed E-state index contributed by atoms with van der Waals surface area (Å²) < 4.78 is 0. The van der Waals surface area contributed by atoms with Gasteiger partial charge in [0.15, 0.2) is 0 Å². The Kier molecular flexibility index (Phi) is 3.67. The molecule has 0 bridgehead atoms. The Morgan fingerprint density at radius 2 is 1.95 bits per heavy atom. The van der Waals surface area contributed by atoms with E-state index in [1.165, 1.54) is 23.3 Å². The lowest BCUT2D eigenvalue weighted by Crippen LogP contribution is -2.44. The number of benzene rings is 1. The summed E-state index contributed by atoms with van der Waals surface area (Å²) in [7, 11) is 0. The van der Waals surface area contributed by atoms with Crippen LogP contribution in [0.2, 0.25) is 0 Å². The fourth-order valence-corrected chi connectivity index (χ4v) is 3.85. The van der Waals surface area contributed by atoms with Gasteiger partial charge < -0.3 is 5.73 Å². The first-order chi connectivity index (χ1) is 9.25. The number of thiazole rings is 1. The third kappa shape index (κ3) is 3.04. The Labute approximate surface area is 118 Å². The molecule has 1 aromatic carbocycles. The fraction of sp³-hybridized carbons (Fsp3) is 0.438. The van der Waals surface area contributed by atoms with Gasteiger partial charge in [-0.2, -0.15) is 0 Å². The Bertz CT molecular complexity index is 499. The first-order valence-corrected chi connectivity index (χ1v) is 7.84. The monoisotopic (exact) mass is 272 g/mol. The van der Waals surface area contributed by atoms with Crippen LogP contribution in [0.3, 0.4) is 0 Å². The lowest BCUT2D eigenvalue weighted by molar-refractivity contribution is 0.272. The molecule has 19 heavy (non-hydrogen) atoms. The maximum Gasteiger partial charge on any atom is 0.0794 e. The summed E-state index contributed by atoms with van der Waals surface area (Å²) in [6, 6.07) is 10.9. The van der Waals surface area contributed by atoms with E-state index in [9.17, 15) is 0 Å². The Morgan fingerprint density at radius 3 is 2.58 bits per heavy atom. The van der Waals surface area contributed by atoms with Crippen molar-refractivity contribution in [1.29, 1.82) is 0 Å². The highest BCUT2D eigenvalue weighted by molar-refractivity contribution is 7.09. The molecule has 0 aliphatic heterocycles. The van der Waals surface area contributed by atoms with Crippen LogP contribution < -0.4 is 5.73 Å². The molecule has 2 aromatic rings. The summed E-state index contributed by atoms with van der Waals surface area (Å²) in [6.45, 7) is 0. The molecule has 1 heterocycles. The van der Waals surface area contributed by atoms with Crippen molar-refractivity contribution in [2.45, 2.75) is 43.6 Å². The molecule has 100 valence electrons. The van der Waals surface area contributed by atoms with Gasteiger partial charge in [0.25, 0.3) is 0 Å². The lowest BCUT2D eigenvalue weighted by atomic mass is 9.73. The van der Waals surface area contributed by atoms with Crippen LogP contribution in [-0.4, -0.2) is 10.5 Å². The van der Waals surface area contributed by atoms with Gasteiger partial charge >= 0.3 is 0 Å². The van der Waals surface area contributed by atoms with E-state index in [-0.39, 0.29) is 5.54 Å². The maximum absolute atomic E-state index is 6.57. The highest BCUT2D eigenvalue weighted by atomic mass is 32.1. The van der Waals surface area contributed by atoms with Crippen molar-refractivity contribution >= 4 is 11.3 Å². The predicted octanol–water partition coefficient (Wildman–Crippen LogP) is 3.74. The molecule has 3 rings (SSSR count). The van der Waals surface area contributed by atoms with Gasteiger partial charge in [0.2, 0.25) is 0 Å². The molecule has 2 N–H and O–H groups in total. The van der Waals surface area contributed by atoms with Crippen molar-refractivity contribution in [3.8, 4) is 0 Å². The van der Waals surface area contributed by atoms with Crippen LogP contribution in [0.15, 0.2) is 42.0 Å². The molecule has 0 spiro atoms. The van der Waals surface area contributed by atoms with E-state index < -0.39 is 0 Å². The van der Waals surface area contributed by atoms with Crippen molar-refractivity contribution in [3.63, 3.8) is 0 Å². The quantitative estimate of drug-likeness (QED) is 0.924. The van der Waals surface area contributed by atoms with E-state index in [1.54, 1.807) is 11.3 Å². The van der Waals surface area contributed by atoms with E-state index in [4.69, 9.17) is 5.73 Å². The molecule has 1 aromatic heterocycles. The van der Waals surface area contributed by atoms with Crippen LogP contribution in [0.25, 0.3) is 0 Å². The fourth-order valence-electron chi connectivity index (χ4n) is 3.10. The number of nitrogens with zero attached hydrogens (tertiary/aromatic N) is 1. The van der Waals surface area contributed by atoms with Gasteiger partial charge in [0.05, 0.1) is 5.51 Å². The number of hydrogen-bond donors (Lipinski definition) is 1. The smallest absolute Gasteiger partial charge is 0.0794 e. The molecule has 0 amide bonds. The van der Waals surface area contributed by atoms with Crippen molar-refractivity contribution in [3.05, 3.63) is 52.5 Å². The molecule has 0 unspecified atom stereocenters. The van der Waals surface area contributed by atoms with E-state index in [0.717, 1.165) is 19.3 Å². The summed E-state index contributed by atoms with van der Waals surface area (Å²) in [5.74, 6) is 0.694. The SMILES string of the molecule is NC1(Cc2cncs2)CCC(c2ccccc2)CC1. The minimum atomic E-state index is -0.0161. The molecule has 1 aliphatic carbocycles. The topological polar surface area (TPSA) is 38.9 Å². The zero-order valence-electron chi connectivity index (χ0n) is 11.1. The molecule has 1 aliphatic rings. The molecular weight excluding hydrogens is 252 g/mol.